The van der Waals surface area contributed by atoms with Gasteiger partial charge in [0.15, 0.2) is 0 Å². The van der Waals surface area contributed by atoms with Crippen LogP contribution < -0.4 is 10.1 Å². The van der Waals surface area contributed by atoms with E-state index in [0.717, 1.165) is 18.4 Å². The van der Waals surface area contributed by atoms with E-state index in [9.17, 15) is 13.2 Å². The van der Waals surface area contributed by atoms with Crippen LogP contribution in [0.3, 0.4) is 0 Å². The van der Waals surface area contributed by atoms with Crippen LogP contribution >= 0.6 is 0 Å². The summed E-state index contributed by atoms with van der Waals surface area (Å²) in [5.74, 6) is 0.802. The Kier molecular flexibility index (Phi) is 6.59. The highest BCUT2D eigenvalue weighted by Crippen LogP contribution is 2.26. The molecule has 2 aromatic carbocycles. The van der Waals surface area contributed by atoms with Crippen molar-refractivity contribution >= 4 is 15.9 Å². The van der Waals surface area contributed by atoms with E-state index in [2.05, 4.69) is 12.2 Å². The van der Waals surface area contributed by atoms with Crippen LogP contribution in [-0.4, -0.2) is 38.8 Å². The van der Waals surface area contributed by atoms with Crippen LogP contribution in [0, 0.1) is 5.92 Å². The Labute approximate surface area is 172 Å². The summed E-state index contributed by atoms with van der Waals surface area (Å²) in [5, 5.41) is 2.94. The highest BCUT2D eigenvalue weighted by molar-refractivity contribution is 7.89. The topological polar surface area (TPSA) is 75.7 Å². The number of hydrogen-bond acceptors (Lipinski definition) is 4. The molecular formula is C22H28N2O4S. The van der Waals surface area contributed by atoms with Crippen molar-refractivity contribution in [2.45, 2.75) is 37.6 Å². The summed E-state index contributed by atoms with van der Waals surface area (Å²) in [4.78, 5) is 12.8. The second-order valence-corrected chi connectivity index (χ2v) is 9.51. The zero-order chi connectivity index (χ0) is 21.0. The summed E-state index contributed by atoms with van der Waals surface area (Å²) in [7, 11) is -1.93. The number of carbonyl (C=O) groups excluding carboxylic acids is 1. The molecule has 3 rings (SSSR count). The molecule has 2 atom stereocenters. The molecule has 1 saturated heterocycles. The van der Waals surface area contributed by atoms with Gasteiger partial charge in [-0.3, -0.25) is 4.79 Å². The molecule has 2 aromatic rings. The smallest absolute Gasteiger partial charge is 0.251 e. The van der Waals surface area contributed by atoms with Crippen molar-refractivity contribution in [3.63, 3.8) is 0 Å². The monoisotopic (exact) mass is 416 g/mol. The Morgan fingerprint density at radius 1 is 1.17 bits per heavy atom. The number of benzene rings is 2. The van der Waals surface area contributed by atoms with Crippen molar-refractivity contribution < 1.29 is 17.9 Å². The number of hydrogen-bond donors (Lipinski definition) is 1. The highest BCUT2D eigenvalue weighted by atomic mass is 32.2. The molecule has 1 fully saturated rings. The molecule has 1 amide bonds. The fourth-order valence-electron chi connectivity index (χ4n) is 3.67. The number of nitrogens with zero attached hydrogens (tertiary/aromatic N) is 1. The summed E-state index contributed by atoms with van der Waals surface area (Å²) >= 11 is 0. The largest absolute Gasteiger partial charge is 0.496 e. The molecule has 0 aromatic heterocycles. The SMILES string of the molecule is COc1ccccc1[C@@H](C)NC(=O)c1ccc(S(=O)(=O)N2CCC[C@H](C)C2)cc1. The Bertz CT molecular complexity index is 957. The van der Waals surface area contributed by atoms with Gasteiger partial charge in [-0.05, 0) is 56.0 Å². The lowest BCUT2D eigenvalue weighted by molar-refractivity contribution is 0.0939. The van der Waals surface area contributed by atoms with E-state index in [4.69, 9.17) is 4.74 Å². The minimum Gasteiger partial charge on any atom is -0.496 e. The number of ether oxygens (including phenoxy) is 1. The van der Waals surface area contributed by atoms with Gasteiger partial charge in [0, 0.05) is 24.2 Å². The number of methoxy groups -OCH3 is 1. The number of amides is 1. The number of sulfonamides is 1. The van der Waals surface area contributed by atoms with Crippen LogP contribution in [0.2, 0.25) is 0 Å². The first-order valence-electron chi connectivity index (χ1n) is 9.87. The van der Waals surface area contributed by atoms with Gasteiger partial charge >= 0.3 is 0 Å². The summed E-state index contributed by atoms with van der Waals surface area (Å²) in [6.07, 6.45) is 1.93. The van der Waals surface area contributed by atoms with E-state index in [-0.39, 0.29) is 16.8 Å². The third-order valence-electron chi connectivity index (χ3n) is 5.33. The van der Waals surface area contributed by atoms with Gasteiger partial charge in [0.2, 0.25) is 10.0 Å². The molecule has 1 aliphatic rings. The minimum absolute atomic E-state index is 0.223. The molecule has 0 unspecified atom stereocenters. The van der Waals surface area contributed by atoms with Crippen LogP contribution in [0.4, 0.5) is 0 Å². The maximum atomic E-state index is 12.9. The molecule has 1 N–H and O–H groups in total. The highest BCUT2D eigenvalue weighted by Gasteiger charge is 2.28. The summed E-state index contributed by atoms with van der Waals surface area (Å²) in [6.45, 7) is 5.04. The van der Waals surface area contributed by atoms with Crippen molar-refractivity contribution in [1.29, 1.82) is 0 Å². The molecule has 1 heterocycles. The molecular weight excluding hydrogens is 388 g/mol. The van der Waals surface area contributed by atoms with Crippen LogP contribution in [0.15, 0.2) is 53.4 Å². The van der Waals surface area contributed by atoms with Gasteiger partial charge in [-0.15, -0.1) is 0 Å². The molecule has 29 heavy (non-hydrogen) atoms. The molecule has 156 valence electrons. The van der Waals surface area contributed by atoms with Crippen LogP contribution in [0.25, 0.3) is 0 Å². The van der Waals surface area contributed by atoms with Gasteiger partial charge in [0.1, 0.15) is 5.75 Å². The molecule has 0 radical (unpaired) electrons. The number of rotatable bonds is 6. The molecule has 1 aliphatic heterocycles. The van der Waals surface area contributed by atoms with Gasteiger partial charge in [-0.1, -0.05) is 25.1 Å². The lowest BCUT2D eigenvalue weighted by atomic mass is 10.0. The molecule has 0 spiro atoms. The third-order valence-corrected chi connectivity index (χ3v) is 7.21. The Morgan fingerprint density at radius 3 is 2.52 bits per heavy atom. The Balaban J connectivity index is 1.71. The third kappa shape index (κ3) is 4.79. The van der Waals surface area contributed by atoms with Gasteiger partial charge in [0.25, 0.3) is 5.91 Å². The average Bonchev–Trinajstić information content (AvgIpc) is 2.73. The number of piperidine rings is 1. The van der Waals surface area contributed by atoms with Gasteiger partial charge in [0.05, 0.1) is 18.0 Å². The van der Waals surface area contributed by atoms with Gasteiger partial charge in [-0.25, -0.2) is 8.42 Å². The predicted molar refractivity (Wildman–Crippen MR) is 112 cm³/mol. The summed E-state index contributed by atoms with van der Waals surface area (Å²) < 4.78 is 32.6. The standard InChI is InChI=1S/C22H28N2O4S/c1-16-7-6-14-24(15-16)29(26,27)19-12-10-18(11-13-19)22(25)23-17(2)20-8-4-5-9-21(20)28-3/h4-5,8-13,16-17H,6-7,14-15H2,1-3H3,(H,23,25)/t16-,17+/m0/s1. The first-order chi connectivity index (χ1) is 13.8. The second-order valence-electron chi connectivity index (χ2n) is 7.57. The van der Waals surface area contributed by atoms with E-state index >= 15 is 0 Å². The van der Waals surface area contributed by atoms with E-state index in [1.54, 1.807) is 23.5 Å². The average molecular weight is 417 g/mol. The minimum atomic E-state index is -3.53. The first-order valence-corrected chi connectivity index (χ1v) is 11.3. The molecule has 0 bridgehead atoms. The number of para-hydroxylation sites is 1. The lowest BCUT2D eigenvalue weighted by Gasteiger charge is -2.30. The van der Waals surface area contributed by atoms with E-state index in [0.29, 0.717) is 30.3 Å². The first kappa shape index (κ1) is 21.3. The zero-order valence-corrected chi connectivity index (χ0v) is 17.9. The Hall–Kier alpha value is -2.38. The maximum Gasteiger partial charge on any atom is 0.251 e. The van der Waals surface area contributed by atoms with Crippen LogP contribution in [-0.2, 0) is 10.0 Å². The number of carbonyl (C=O) groups is 1. The van der Waals surface area contributed by atoms with E-state index in [1.807, 2.05) is 31.2 Å². The van der Waals surface area contributed by atoms with Crippen molar-refractivity contribution in [3.8, 4) is 5.75 Å². The normalized spacial score (nSPS) is 18.8. The molecule has 0 saturated carbocycles. The van der Waals surface area contributed by atoms with E-state index in [1.165, 1.54) is 12.1 Å². The quantitative estimate of drug-likeness (QED) is 0.781. The van der Waals surface area contributed by atoms with Crippen molar-refractivity contribution in [2.24, 2.45) is 5.92 Å². The predicted octanol–water partition coefficient (Wildman–Crippen LogP) is 3.61. The van der Waals surface area contributed by atoms with Gasteiger partial charge in [-0.2, -0.15) is 4.31 Å². The molecule has 7 heteroatoms. The van der Waals surface area contributed by atoms with Crippen LogP contribution in [0.1, 0.15) is 48.7 Å². The molecule has 0 aliphatic carbocycles. The fourth-order valence-corrected chi connectivity index (χ4v) is 5.27. The van der Waals surface area contributed by atoms with Crippen molar-refractivity contribution in [1.82, 2.24) is 9.62 Å². The maximum absolute atomic E-state index is 12.9. The summed E-state index contributed by atoms with van der Waals surface area (Å²) in [6, 6.07) is 13.4. The lowest BCUT2D eigenvalue weighted by Crippen LogP contribution is -2.39. The van der Waals surface area contributed by atoms with Crippen molar-refractivity contribution in [3.05, 3.63) is 59.7 Å². The second kappa shape index (κ2) is 8.97. The van der Waals surface area contributed by atoms with Crippen molar-refractivity contribution in [2.75, 3.05) is 20.2 Å². The van der Waals surface area contributed by atoms with Crippen LogP contribution in [0.5, 0.6) is 5.75 Å². The van der Waals surface area contributed by atoms with Gasteiger partial charge < -0.3 is 10.1 Å². The van der Waals surface area contributed by atoms with E-state index < -0.39 is 10.0 Å². The molecule has 6 nitrogen and oxygen atoms in total. The Morgan fingerprint density at radius 2 is 1.86 bits per heavy atom. The zero-order valence-electron chi connectivity index (χ0n) is 17.1. The number of nitrogens with one attached hydrogen (secondary N) is 1. The fraction of sp³-hybridized carbons (Fsp3) is 0.409. The summed E-state index contributed by atoms with van der Waals surface area (Å²) in [5.41, 5.74) is 1.29.